The largest absolute Gasteiger partial charge is 0.320 e. The van der Waals surface area contributed by atoms with E-state index in [1.165, 1.54) is 77.9 Å². The van der Waals surface area contributed by atoms with E-state index >= 15 is 0 Å². The molecule has 116 valence electrons. The molecule has 0 heterocycles. The van der Waals surface area contributed by atoms with Crippen molar-refractivity contribution in [2.45, 2.75) is 52.9 Å². The van der Waals surface area contributed by atoms with Gasteiger partial charge >= 0.3 is 0 Å². The third kappa shape index (κ3) is 11.4. The Morgan fingerprint density at radius 3 is 1.74 bits per heavy atom. The zero-order valence-corrected chi connectivity index (χ0v) is 13.9. The Kier molecular flexibility index (Phi) is 14.2. The van der Waals surface area contributed by atoms with Gasteiger partial charge in [0.15, 0.2) is 0 Å². The number of hydrogen-bond acceptors (Lipinski definition) is 3. The molecule has 19 heavy (non-hydrogen) atoms. The maximum atomic E-state index is 3.21. The molecule has 0 fully saturated rings. The quantitative estimate of drug-likeness (QED) is 0.490. The Hall–Kier alpha value is -0.120. The highest BCUT2D eigenvalue weighted by Crippen LogP contribution is 2.02. The smallest absolute Gasteiger partial charge is 0.000666 e. The van der Waals surface area contributed by atoms with Gasteiger partial charge in [0.05, 0.1) is 0 Å². The third-order valence-corrected chi connectivity index (χ3v) is 3.94. The van der Waals surface area contributed by atoms with E-state index in [2.05, 4.69) is 35.9 Å². The van der Waals surface area contributed by atoms with Gasteiger partial charge in [0.1, 0.15) is 0 Å². The minimum atomic E-state index is 1.17. The van der Waals surface area contributed by atoms with Crippen LogP contribution in [0, 0.1) is 0 Å². The summed E-state index contributed by atoms with van der Waals surface area (Å²) in [7, 11) is 2.04. The van der Waals surface area contributed by atoms with Crippen molar-refractivity contribution in [2.24, 2.45) is 0 Å². The fourth-order valence-corrected chi connectivity index (χ4v) is 2.48. The molecule has 0 rings (SSSR count). The lowest BCUT2D eigenvalue weighted by Crippen LogP contribution is -2.30. The number of unbranched alkanes of at least 4 members (excludes halogenated alkanes) is 3. The first kappa shape index (κ1) is 18.9. The van der Waals surface area contributed by atoms with Crippen LogP contribution in [0.2, 0.25) is 0 Å². The summed E-state index contributed by atoms with van der Waals surface area (Å²) < 4.78 is 0. The molecule has 1 N–H and O–H groups in total. The number of hydrogen-bond donors (Lipinski definition) is 1. The Morgan fingerprint density at radius 2 is 1.16 bits per heavy atom. The van der Waals surface area contributed by atoms with Crippen molar-refractivity contribution in [2.75, 3.05) is 52.9 Å². The van der Waals surface area contributed by atoms with Crippen LogP contribution in [0.3, 0.4) is 0 Å². The second kappa shape index (κ2) is 14.3. The highest BCUT2D eigenvalue weighted by atomic mass is 15.1. The van der Waals surface area contributed by atoms with Gasteiger partial charge in [-0.15, -0.1) is 0 Å². The van der Waals surface area contributed by atoms with Gasteiger partial charge in [-0.25, -0.2) is 0 Å². The van der Waals surface area contributed by atoms with E-state index in [-0.39, 0.29) is 0 Å². The van der Waals surface area contributed by atoms with E-state index in [4.69, 9.17) is 0 Å². The summed E-state index contributed by atoms with van der Waals surface area (Å²) in [5, 5.41) is 3.21. The molecular weight excluding hydrogens is 234 g/mol. The van der Waals surface area contributed by atoms with Crippen molar-refractivity contribution in [3.63, 3.8) is 0 Å². The molecule has 0 aliphatic heterocycles. The molecule has 0 saturated carbocycles. The van der Waals surface area contributed by atoms with E-state index < -0.39 is 0 Å². The summed E-state index contributed by atoms with van der Waals surface area (Å²) >= 11 is 0. The number of nitrogens with one attached hydrogen (secondary N) is 1. The zero-order chi connectivity index (χ0) is 14.3. The first-order valence-electron chi connectivity index (χ1n) is 8.37. The van der Waals surface area contributed by atoms with Crippen molar-refractivity contribution in [3.05, 3.63) is 0 Å². The van der Waals surface area contributed by atoms with Crippen LogP contribution in [0.1, 0.15) is 52.9 Å². The lowest BCUT2D eigenvalue weighted by Gasteiger charge is -2.23. The van der Waals surface area contributed by atoms with Crippen LogP contribution in [0.25, 0.3) is 0 Å². The summed E-state index contributed by atoms with van der Waals surface area (Å²) in [6.45, 7) is 15.4. The molecule has 0 aromatic carbocycles. The van der Waals surface area contributed by atoms with Gasteiger partial charge < -0.3 is 15.1 Å². The second-order valence-corrected chi connectivity index (χ2v) is 5.33. The van der Waals surface area contributed by atoms with Gasteiger partial charge in [-0.1, -0.05) is 33.6 Å². The maximum Gasteiger partial charge on any atom is -0.000666 e. The van der Waals surface area contributed by atoms with E-state index in [0.717, 1.165) is 0 Å². The van der Waals surface area contributed by atoms with E-state index in [1.54, 1.807) is 0 Å². The summed E-state index contributed by atoms with van der Waals surface area (Å²) in [6.07, 6.45) is 6.76. The molecule has 0 spiro atoms. The maximum absolute atomic E-state index is 3.21. The van der Waals surface area contributed by atoms with Crippen LogP contribution < -0.4 is 5.32 Å². The average Bonchev–Trinajstić information content (AvgIpc) is 2.45. The standard InChI is InChI=1S/C16H37N3/c1-5-18(6-2)15-12-16-19(7-3)14-11-9-8-10-13-17-4/h17H,5-16H2,1-4H3. The van der Waals surface area contributed by atoms with Crippen LogP contribution in [0.5, 0.6) is 0 Å². The van der Waals surface area contributed by atoms with Gasteiger partial charge in [0.2, 0.25) is 0 Å². The lowest BCUT2D eigenvalue weighted by molar-refractivity contribution is 0.240. The van der Waals surface area contributed by atoms with Gasteiger partial charge in [-0.2, -0.15) is 0 Å². The summed E-state index contributed by atoms with van der Waals surface area (Å²) in [5.41, 5.74) is 0. The van der Waals surface area contributed by atoms with Crippen LogP contribution in [0.4, 0.5) is 0 Å². The summed E-state index contributed by atoms with van der Waals surface area (Å²) in [4.78, 5) is 5.13. The predicted octanol–water partition coefficient (Wildman–Crippen LogP) is 2.82. The van der Waals surface area contributed by atoms with Gasteiger partial charge in [0, 0.05) is 0 Å². The molecule has 3 nitrogen and oxygen atoms in total. The first-order chi connectivity index (χ1) is 9.28. The minimum Gasteiger partial charge on any atom is -0.320 e. The van der Waals surface area contributed by atoms with Gasteiger partial charge in [-0.3, -0.25) is 0 Å². The van der Waals surface area contributed by atoms with Crippen LogP contribution in [-0.4, -0.2) is 62.7 Å². The van der Waals surface area contributed by atoms with Crippen LogP contribution in [0.15, 0.2) is 0 Å². The van der Waals surface area contributed by atoms with Crippen molar-refractivity contribution in [1.29, 1.82) is 0 Å². The molecule has 0 unspecified atom stereocenters. The Balaban J connectivity index is 3.49. The normalized spacial score (nSPS) is 11.7. The Labute approximate surface area is 121 Å². The van der Waals surface area contributed by atoms with E-state index in [9.17, 15) is 0 Å². The molecule has 0 bridgehead atoms. The lowest BCUT2D eigenvalue weighted by atomic mass is 10.2. The highest BCUT2D eigenvalue weighted by molar-refractivity contribution is 4.59. The molecular formula is C16H37N3. The molecule has 3 heteroatoms. The minimum absolute atomic E-state index is 1.17. The van der Waals surface area contributed by atoms with Crippen LogP contribution >= 0.6 is 0 Å². The van der Waals surface area contributed by atoms with E-state index in [0.29, 0.717) is 0 Å². The van der Waals surface area contributed by atoms with Crippen molar-refractivity contribution < 1.29 is 0 Å². The fraction of sp³-hybridized carbons (Fsp3) is 1.00. The SMILES string of the molecule is CCN(CC)CCCN(CC)CCCCCCNC. The first-order valence-corrected chi connectivity index (χ1v) is 8.37. The molecule has 0 atom stereocenters. The number of nitrogens with zero attached hydrogens (tertiary/aromatic N) is 2. The van der Waals surface area contributed by atoms with Crippen molar-refractivity contribution in [3.8, 4) is 0 Å². The highest BCUT2D eigenvalue weighted by Gasteiger charge is 2.04. The Bertz CT molecular complexity index is 169. The fourth-order valence-electron chi connectivity index (χ4n) is 2.48. The van der Waals surface area contributed by atoms with Crippen molar-refractivity contribution in [1.82, 2.24) is 15.1 Å². The third-order valence-electron chi connectivity index (χ3n) is 3.94. The summed E-state index contributed by atoms with van der Waals surface area (Å²) in [5.74, 6) is 0. The molecule has 0 aromatic heterocycles. The molecule has 0 aliphatic rings. The molecule has 0 radical (unpaired) electrons. The molecule has 0 amide bonds. The topological polar surface area (TPSA) is 18.5 Å². The average molecular weight is 271 g/mol. The molecule has 0 aliphatic carbocycles. The van der Waals surface area contributed by atoms with Crippen LogP contribution in [-0.2, 0) is 0 Å². The second-order valence-electron chi connectivity index (χ2n) is 5.33. The van der Waals surface area contributed by atoms with Gasteiger partial charge in [-0.05, 0) is 72.1 Å². The zero-order valence-electron chi connectivity index (χ0n) is 13.9. The number of rotatable bonds is 14. The van der Waals surface area contributed by atoms with Gasteiger partial charge in [0.25, 0.3) is 0 Å². The Morgan fingerprint density at radius 1 is 0.632 bits per heavy atom. The monoisotopic (exact) mass is 271 g/mol. The molecule has 0 aromatic rings. The molecule has 0 saturated heterocycles. The van der Waals surface area contributed by atoms with Crippen molar-refractivity contribution >= 4 is 0 Å². The predicted molar refractivity (Wildman–Crippen MR) is 86.9 cm³/mol. The van der Waals surface area contributed by atoms with E-state index in [1.807, 2.05) is 7.05 Å². The summed E-state index contributed by atoms with van der Waals surface area (Å²) in [6, 6.07) is 0.